The Morgan fingerprint density at radius 1 is 1.03 bits per heavy atom. The number of carbonyl (C=O) groups excluding carboxylic acids is 2. The van der Waals surface area contributed by atoms with Crippen LogP contribution in [0, 0.1) is 13.8 Å². The highest BCUT2D eigenvalue weighted by Crippen LogP contribution is 2.31. The van der Waals surface area contributed by atoms with E-state index in [9.17, 15) is 18.0 Å². The maximum atomic E-state index is 13.4. The molecule has 2 heterocycles. The number of sulfonamides is 1. The lowest BCUT2D eigenvalue weighted by molar-refractivity contribution is -0.129. The molecule has 0 unspecified atom stereocenters. The van der Waals surface area contributed by atoms with Crippen molar-refractivity contribution in [2.75, 3.05) is 45.8 Å². The van der Waals surface area contributed by atoms with E-state index < -0.39 is 10.0 Å². The lowest BCUT2D eigenvalue weighted by Crippen LogP contribution is -2.51. The Hall–Kier alpha value is -1.97. The zero-order chi connectivity index (χ0) is 22.3. The van der Waals surface area contributed by atoms with Crippen molar-refractivity contribution >= 4 is 22.0 Å². The highest BCUT2D eigenvalue weighted by atomic mass is 32.2. The molecular weight excluding hydrogens is 404 g/mol. The van der Waals surface area contributed by atoms with Gasteiger partial charge in [0.1, 0.15) is 0 Å². The summed E-state index contributed by atoms with van der Waals surface area (Å²) in [5.74, 6) is -0.245. The Balaban J connectivity index is 1.69. The van der Waals surface area contributed by atoms with Crippen molar-refractivity contribution in [2.24, 2.45) is 0 Å². The molecule has 3 rings (SSSR count). The molecule has 2 fully saturated rings. The maximum Gasteiger partial charge on any atom is 0.324 e. The molecule has 2 saturated heterocycles. The van der Waals surface area contributed by atoms with Crippen molar-refractivity contribution < 1.29 is 18.0 Å². The molecule has 0 aromatic heterocycles. The van der Waals surface area contributed by atoms with Gasteiger partial charge in [0, 0.05) is 39.3 Å². The van der Waals surface area contributed by atoms with Gasteiger partial charge >= 0.3 is 6.03 Å². The third kappa shape index (κ3) is 4.53. The number of amides is 3. The summed E-state index contributed by atoms with van der Waals surface area (Å²) in [6, 6.07) is 3.58. The zero-order valence-electron chi connectivity index (χ0n) is 18.5. The predicted molar refractivity (Wildman–Crippen MR) is 115 cm³/mol. The lowest BCUT2D eigenvalue weighted by Gasteiger charge is -2.34. The van der Waals surface area contributed by atoms with E-state index in [1.54, 1.807) is 0 Å². The summed E-state index contributed by atoms with van der Waals surface area (Å²) >= 11 is 0. The SMILES string of the molecule is Cc1cc(C(C)(C)C)cc(C)c1S(=O)(=O)N1CCN(CC(=O)N2CCNC2=O)CC1. The Bertz CT molecular complexity index is 921. The molecule has 2 aliphatic rings. The molecular formula is C21H32N4O4S. The van der Waals surface area contributed by atoms with E-state index in [-0.39, 0.29) is 23.9 Å². The van der Waals surface area contributed by atoms with Gasteiger partial charge in [0.2, 0.25) is 15.9 Å². The standard InChI is InChI=1S/C21H32N4O4S/c1-15-12-17(21(3,4)5)13-16(2)19(15)30(28,29)24-10-8-23(9-11-24)14-18(26)25-7-6-22-20(25)27/h12-13H,6-11,14H2,1-5H3,(H,22,27). The first-order valence-corrected chi connectivity index (χ1v) is 11.8. The minimum Gasteiger partial charge on any atom is -0.336 e. The number of hydrogen-bond donors (Lipinski definition) is 1. The van der Waals surface area contributed by atoms with Crippen LogP contribution in [0.3, 0.4) is 0 Å². The molecule has 0 aliphatic carbocycles. The number of aryl methyl sites for hydroxylation is 2. The van der Waals surface area contributed by atoms with Crippen LogP contribution in [0.5, 0.6) is 0 Å². The number of urea groups is 1. The third-order valence-electron chi connectivity index (χ3n) is 5.77. The Morgan fingerprint density at radius 3 is 2.07 bits per heavy atom. The number of piperazine rings is 1. The first-order chi connectivity index (χ1) is 13.9. The first-order valence-electron chi connectivity index (χ1n) is 10.3. The van der Waals surface area contributed by atoms with E-state index in [0.717, 1.165) is 16.7 Å². The highest BCUT2D eigenvalue weighted by Gasteiger charge is 2.33. The third-order valence-corrected chi connectivity index (χ3v) is 7.98. The van der Waals surface area contributed by atoms with Crippen molar-refractivity contribution in [3.8, 4) is 0 Å². The van der Waals surface area contributed by atoms with Crippen molar-refractivity contribution in [1.29, 1.82) is 0 Å². The molecule has 1 N–H and O–H groups in total. The Kier molecular flexibility index (Phi) is 6.27. The van der Waals surface area contributed by atoms with Gasteiger partial charge in [0.05, 0.1) is 11.4 Å². The van der Waals surface area contributed by atoms with Crippen molar-refractivity contribution in [3.63, 3.8) is 0 Å². The van der Waals surface area contributed by atoms with Crippen LogP contribution >= 0.6 is 0 Å². The number of carbonyl (C=O) groups is 2. The van der Waals surface area contributed by atoms with E-state index in [1.807, 2.05) is 30.9 Å². The fourth-order valence-corrected chi connectivity index (χ4v) is 5.87. The molecule has 3 amide bonds. The monoisotopic (exact) mass is 436 g/mol. The van der Waals surface area contributed by atoms with Gasteiger partial charge in [-0.15, -0.1) is 0 Å². The van der Waals surface area contributed by atoms with E-state index >= 15 is 0 Å². The second kappa shape index (κ2) is 8.28. The quantitative estimate of drug-likeness (QED) is 0.772. The second-order valence-electron chi connectivity index (χ2n) is 9.15. The van der Waals surface area contributed by atoms with Gasteiger partial charge in [-0.3, -0.25) is 14.6 Å². The summed E-state index contributed by atoms with van der Waals surface area (Å²) in [5.41, 5.74) is 2.59. The summed E-state index contributed by atoms with van der Waals surface area (Å²) < 4.78 is 28.2. The molecule has 9 heteroatoms. The first kappa shape index (κ1) is 22.7. The average Bonchev–Trinajstić information content (AvgIpc) is 3.06. The van der Waals surface area contributed by atoms with Gasteiger partial charge in [-0.05, 0) is 36.0 Å². The second-order valence-corrected chi connectivity index (χ2v) is 11.0. The molecule has 0 spiro atoms. The molecule has 1 aromatic carbocycles. The van der Waals surface area contributed by atoms with Gasteiger partial charge in [-0.25, -0.2) is 13.2 Å². The van der Waals surface area contributed by atoms with Crippen LogP contribution in [0.4, 0.5) is 4.79 Å². The lowest BCUT2D eigenvalue weighted by atomic mass is 9.85. The molecule has 0 radical (unpaired) electrons. The van der Waals surface area contributed by atoms with E-state index in [4.69, 9.17) is 0 Å². The van der Waals surface area contributed by atoms with Crippen LogP contribution in [0.2, 0.25) is 0 Å². The van der Waals surface area contributed by atoms with Crippen LogP contribution in [-0.4, -0.2) is 80.3 Å². The maximum absolute atomic E-state index is 13.4. The molecule has 0 saturated carbocycles. The summed E-state index contributed by atoms with van der Waals surface area (Å²) in [7, 11) is -3.61. The Labute approximate surface area is 179 Å². The number of rotatable bonds is 4. The topological polar surface area (TPSA) is 90.0 Å². The van der Waals surface area contributed by atoms with Crippen molar-refractivity contribution in [1.82, 2.24) is 19.4 Å². The molecule has 8 nitrogen and oxygen atoms in total. The van der Waals surface area contributed by atoms with Crippen LogP contribution in [0.25, 0.3) is 0 Å². The number of nitrogens with one attached hydrogen (secondary N) is 1. The summed E-state index contributed by atoms with van der Waals surface area (Å²) in [6.45, 7) is 12.6. The average molecular weight is 437 g/mol. The fraction of sp³-hybridized carbons (Fsp3) is 0.619. The molecule has 0 bridgehead atoms. The van der Waals surface area contributed by atoms with Crippen LogP contribution in [0.1, 0.15) is 37.5 Å². The zero-order valence-corrected chi connectivity index (χ0v) is 19.3. The number of hydrogen-bond acceptors (Lipinski definition) is 5. The molecule has 1 aromatic rings. The molecule has 30 heavy (non-hydrogen) atoms. The van der Waals surface area contributed by atoms with Gasteiger partial charge in [0.25, 0.3) is 0 Å². The Morgan fingerprint density at radius 2 is 1.60 bits per heavy atom. The normalized spacial score (nSPS) is 19.2. The van der Waals surface area contributed by atoms with Gasteiger partial charge < -0.3 is 5.32 Å². The minimum atomic E-state index is -3.61. The van der Waals surface area contributed by atoms with Gasteiger partial charge in [0.15, 0.2) is 0 Å². The number of benzene rings is 1. The summed E-state index contributed by atoms with van der Waals surface area (Å²) in [6.07, 6.45) is 0. The number of imide groups is 1. The minimum absolute atomic E-state index is 0.0534. The van der Waals surface area contributed by atoms with E-state index in [0.29, 0.717) is 44.2 Å². The predicted octanol–water partition coefficient (Wildman–Crippen LogP) is 1.46. The number of nitrogens with zero attached hydrogens (tertiary/aromatic N) is 3. The van der Waals surface area contributed by atoms with Crippen LogP contribution in [-0.2, 0) is 20.2 Å². The van der Waals surface area contributed by atoms with Crippen LogP contribution < -0.4 is 5.32 Å². The molecule has 2 aliphatic heterocycles. The fourth-order valence-electron chi connectivity index (χ4n) is 4.03. The van der Waals surface area contributed by atoms with Gasteiger partial charge in [-0.2, -0.15) is 4.31 Å². The van der Waals surface area contributed by atoms with Crippen LogP contribution in [0.15, 0.2) is 17.0 Å². The summed E-state index contributed by atoms with van der Waals surface area (Å²) in [4.78, 5) is 27.5. The largest absolute Gasteiger partial charge is 0.336 e. The highest BCUT2D eigenvalue weighted by molar-refractivity contribution is 7.89. The van der Waals surface area contributed by atoms with Gasteiger partial charge in [-0.1, -0.05) is 32.9 Å². The van der Waals surface area contributed by atoms with E-state index in [1.165, 1.54) is 9.21 Å². The van der Waals surface area contributed by atoms with E-state index in [2.05, 4.69) is 26.1 Å². The van der Waals surface area contributed by atoms with Crippen molar-refractivity contribution in [3.05, 3.63) is 28.8 Å². The smallest absolute Gasteiger partial charge is 0.324 e. The molecule has 166 valence electrons. The molecule has 0 atom stereocenters. The van der Waals surface area contributed by atoms with Crippen molar-refractivity contribution in [2.45, 2.75) is 44.9 Å². The summed E-state index contributed by atoms with van der Waals surface area (Å²) in [5, 5.41) is 2.62.